The molecule has 4 heterocycles. The Morgan fingerprint density at radius 2 is 1.92 bits per heavy atom. The van der Waals surface area contributed by atoms with Crippen LogP contribution in [0.5, 0.6) is 11.5 Å². The number of phenolic OH excluding ortho intramolecular Hbond substituents is 2. The van der Waals surface area contributed by atoms with Gasteiger partial charge in [-0.05, 0) is 29.8 Å². The van der Waals surface area contributed by atoms with Gasteiger partial charge in [0.1, 0.15) is 34.0 Å². The molecule has 3 atom stereocenters. The van der Waals surface area contributed by atoms with Gasteiger partial charge < -0.3 is 36.3 Å². The van der Waals surface area contributed by atoms with E-state index < -0.39 is 67.9 Å². The zero-order valence-corrected chi connectivity index (χ0v) is 28.9. The van der Waals surface area contributed by atoms with E-state index in [-0.39, 0.29) is 22.3 Å². The lowest BCUT2D eigenvalue weighted by Crippen LogP contribution is -2.70. The first kappa shape index (κ1) is 35.5. The smallest absolute Gasteiger partial charge is 0.362 e. The van der Waals surface area contributed by atoms with Crippen LogP contribution < -0.4 is 15.6 Å². The molecule has 0 saturated carbocycles. The van der Waals surface area contributed by atoms with Gasteiger partial charge in [0.05, 0.1) is 5.02 Å². The third-order valence-corrected chi connectivity index (χ3v) is 10.8. The van der Waals surface area contributed by atoms with E-state index in [1.807, 2.05) is 53.2 Å². The van der Waals surface area contributed by atoms with E-state index >= 15 is 0 Å². The Labute approximate surface area is 305 Å². The van der Waals surface area contributed by atoms with Crippen molar-refractivity contribution < 1.29 is 49.0 Å². The molecule has 15 nitrogen and oxygen atoms in total. The van der Waals surface area contributed by atoms with Gasteiger partial charge in [0.25, 0.3) is 11.8 Å². The van der Waals surface area contributed by atoms with E-state index in [0.29, 0.717) is 18.3 Å². The van der Waals surface area contributed by atoms with Gasteiger partial charge in [-0.3, -0.25) is 14.5 Å². The van der Waals surface area contributed by atoms with Crippen molar-refractivity contribution in [1.29, 1.82) is 0 Å². The molecule has 0 spiro atoms. The Balaban J connectivity index is 1.19. The second-order valence-corrected chi connectivity index (χ2v) is 13.8. The average molecular weight is 773 g/mol. The number of fused-ring (bicyclic) bond motifs is 2. The highest BCUT2D eigenvalue weighted by Crippen LogP contribution is 2.48. The lowest BCUT2D eigenvalue weighted by molar-refractivity contribution is -0.661. The van der Waals surface area contributed by atoms with Crippen LogP contribution in [0, 0.1) is 0 Å². The number of carboxylic acid groups (broad SMARTS) is 2. The topological polar surface area (TPSA) is 229 Å². The zero-order valence-electron chi connectivity index (χ0n) is 25.8. The van der Waals surface area contributed by atoms with Crippen LogP contribution in [0.25, 0.3) is 10.9 Å². The summed E-state index contributed by atoms with van der Waals surface area (Å²) in [7, 11) is 0. The first-order valence-corrected chi connectivity index (χ1v) is 17.4. The lowest BCUT2D eigenvalue weighted by Gasteiger charge is -2.49. The Kier molecular flexibility index (Phi) is 9.81. The van der Waals surface area contributed by atoms with Crippen LogP contribution in [-0.2, 0) is 36.2 Å². The molecule has 0 bridgehead atoms. The van der Waals surface area contributed by atoms with Crippen molar-refractivity contribution in [2.24, 2.45) is 5.16 Å². The third-order valence-electron chi connectivity index (χ3n) is 7.99. The molecule has 51 heavy (non-hydrogen) atoms. The molecule has 2 aliphatic rings. The maximum Gasteiger partial charge on any atom is 0.362 e. The molecule has 1 fully saturated rings. The van der Waals surface area contributed by atoms with Crippen molar-refractivity contribution in [2.75, 3.05) is 11.5 Å². The number of pyridine rings is 1. The molecule has 1 saturated heterocycles. The number of nitrogen functional groups attached to an aromatic ring is 1. The number of aromatic nitrogens is 2. The van der Waals surface area contributed by atoms with E-state index in [1.165, 1.54) is 17.1 Å². The van der Waals surface area contributed by atoms with Crippen molar-refractivity contribution in [2.45, 2.75) is 23.6 Å². The first-order chi connectivity index (χ1) is 24.3. The Morgan fingerprint density at radius 1 is 1.18 bits per heavy atom. The predicted octanol–water partition coefficient (Wildman–Crippen LogP) is 3.21. The number of nitrogens with one attached hydrogen (secondary N) is 1. The van der Waals surface area contributed by atoms with E-state index in [9.17, 15) is 39.6 Å². The van der Waals surface area contributed by atoms with Gasteiger partial charge in [-0.2, -0.15) is 4.57 Å². The molecule has 2 aromatic heterocycles. The number of aromatic hydroxyl groups is 2. The fourth-order valence-corrected chi connectivity index (χ4v) is 8.01. The van der Waals surface area contributed by atoms with Gasteiger partial charge >= 0.3 is 17.5 Å². The number of phenols is 2. The van der Waals surface area contributed by atoms with Crippen LogP contribution in [0.3, 0.4) is 0 Å². The molecule has 0 radical (unpaired) electrons. The number of hydrogen-bond acceptors (Lipinski definition) is 12. The molecule has 2 amide bonds. The molecule has 19 heteroatoms. The summed E-state index contributed by atoms with van der Waals surface area (Å²) < 4.78 is 2.00. The first-order valence-electron chi connectivity index (χ1n) is 14.7. The van der Waals surface area contributed by atoms with Crippen LogP contribution in [0.4, 0.5) is 5.13 Å². The van der Waals surface area contributed by atoms with Crippen molar-refractivity contribution in [1.82, 2.24) is 15.2 Å². The number of hydrogen-bond donors (Lipinski definition) is 6. The van der Waals surface area contributed by atoms with E-state index in [2.05, 4.69) is 15.5 Å². The van der Waals surface area contributed by atoms with Crippen LogP contribution in [0.1, 0.15) is 11.3 Å². The number of oxime groups is 1. The highest BCUT2D eigenvalue weighted by molar-refractivity contribution is 8.00. The maximum atomic E-state index is 13.2. The molecule has 4 aromatic rings. The maximum absolute atomic E-state index is 13.2. The Hall–Kier alpha value is -5.36. The fraction of sp³-hybridized carbons (Fsp3) is 0.156. The van der Waals surface area contributed by atoms with Gasteiger partial charge in [0.2, 0.25) is 5.52 Å². The summed E-state index contributed by atoms with van der Waals surface area (Å²) >= 11 is 14.4. The monoisotopic (exact) mass is 771 g/mol. The van der Waals surface area contributed by atoms with Crippen molar-refractivity contribution in [3.8, 4) is 11.5 Å². The summed E-state index contributed by atoms with van der Waals surface area (Å²) in [5.74, 6) is -6.16. The summed E-state index contributed by atoms with van der Waals surface area (Å²) in [6.45, 7) is 0.450. The molecule has 7 N–H and O–H groups in total. The number of anilines is 1. The van der Waals surface area contributed by atoms with Gasteiger partial charge in [-0.15, -0.1) is 23.1 Å². The summed E-state index contributed by atoms with van der Waals surface area (Å²) in [5, 5.41) is 46.9. The van der Waals surface area contributed by atoms with Gasteiger partial charge in [-0.25, -0.2) is 14.6 Å². The average Bonchev–Trinajstić information content (AvgIpc) is 3.55. The highest BCUT2D eigenvalue weighted by atomic mass is 35.5. The number of thiazole rings is 1. The minimum atomic E-state index is -2.73. The molecular weight excluding hydrogens is 747 g/mol. The van der Waals surface area contributed by atoms with Gasteiger partial charge in [0.15, 0.2) is 29.4 Å². The molecular formula is C32H25Cl2N6O9S2+. The second kappa shape index (κ2) is 14.1. The number of carbonyl (C=O) groups excluding carboxylic acids is 2. The minimum Gasteiger partial charge on any atom is -0.504 e. The number of nitrogens with zero attached hydrogens (tertiary/aromatic N) is 4. The molecule has 0 aliphatic carbocycles. The van der Waals surface area contributed by atoms with Crippen molar-refractivity contribution in [3.63, 3.8) is 0 Å². The number of β-lactam (4-membered cyclic amide) rings is 1. The molecule has 6 rings (SSSR count). The predicted molar refractivity (Wildman–Crippen MR) is 187 cm³/mol. The van der Waals surface area contributed by atoms with Crippen LogP contribution >= 0.6 is 46.3 Å². The Bertz CT molecular complexity index is 2210. The number of aliphatic carboxylic acids is 2. The number of nitrogens with two attached hydrogens (primary N) is 1. The summed E-state index contributed by atoms with van der Waals surface area (Å²) in [4.78, 5) is 61.6. The normalized spacial score (nSPS) is 18.5. The largest absolute Gasteiger partial charge is 0.504 e. The van der Waals surface area contributed by atoms with Crippen LogP contribution in [0.15, 0.2) is 82.6 Å². The lowest BCUT2D eigenvalue weighted by atomic mass is 9.90. The minimum absolute atomic E-state index is 0.0682. The molecule has 2 unspecified atom stereocenters. The Morgan fingerprint density at radius 3 is 2.63 bits per heavy atom. The quantitative estimate of drug-likeness (QED) is 0.0425. The zero-order chi connectivity index (χ0) is 36.6. The molecule has 2 aromatic carbocycles. The van der Waals surface area contributed by atoms with Crippen LogP contribution in [0.2, 0.25) is 10.0 Å². The highest BCUT2D eigenvalue weighted by Gasteiger charge is 2.54. The number of carbonyl (C=O) groups is 4. The number of halogens is 2. The van der Waals surface area contributed by atoms with Gasteiger partial charge in [-0.1, -0.05) is 46.6 Å². The van der Waals surface area contributed by atoms with E-state index in [0.717, 1.165) is 33.2 Å². The van der Waals surface area contributed by atoms with Gasteiger partial charge in [0, 0.05) is 34.2 Å². The number of allylic oxidation sites excluding steroid dienone is 2. The second-order valence-electron chi connectivity index (χ2n) is 11.0. The molecule has 2 aliphatic heterocycles. The number of carboxylic acids is 2. The summed E-state index contributed by atoms with van der Waals surface area (Å²) in [6.07, 6.45) is 5.94. The standard InChI is InChI=1S/C32H24Cl2N6O9S2/c33-22-17(11-19(41)26(43)23(22)34)32(30(47)48,20-14-51-31(35)37-20)49-36-12-21(42)38-24-27(44)40-25(29(45)46)16(13-50-28(24)40)7-4-10-39-9-3-6-15-5-1-2-8-18(15)39/h1-9,11-12,14,24,28H,10,13H2,(H6-,35,36,37,38,41,42,43,45,46,47,48)/p+1/b7-4-/t24-,28?,32?/m1/s1. The van der Waals surface area contributed by atoms with E-state index in [4.69, 9.17) is 33.8 Å². The number of rotatable bonds is 11. The van der Waals surface area contributed by atoms with Crippen molar-refractivity contribution in [3.05, 3.63) is 98.8 Å². The number of para-hydroxylation sites is 1. The number of thioether (sulfide) groups is 1. The SMILES string of the molecule is Nc1nc(C(ON=CC(=O)N[C@@H]2C(=O)N3C(C(=O)O)=C(/C=C\C[n+]4cccc5ccccc54)CSC23)(C(=O)O)c2cc(O)c(O)c(Cl)c2Cl)cs1. The number of amides is 2. The van der Waals surface area contributed by atoms with Crippen LogP contribution in [-0.4, -0.2) is 77.4 Å². The summed E-state index contributed by atoms with van der Waals surface area (Å²) in [6, 6.07) is 11.4. The number of benzene rings is 2. The van der Waals surface area contributed by atoms with Crippen molar-refractivity contribution >= 4 is 92.3 Å². The fourth-order valence-electron chi connectivity index (χ4n) is 5.61. The third kappa shape index (κ3) is 6.40. The van der Waals surface area contributed by atoms with E-state index in [1.54, 1.807) is 6.08 Å². The summed E-state index contributed by atoms with van der Waals surface area (Å²) in [5.41, 5.74) is 3.36. The molecule has 262 valence electrons.